The zero-order valence-electron chi connectivity index (χ0n) is 16.6. The van der Waals surface area contributed by atoms with Crippen molar-refractivity contribution in [2.24, 2.45) is 0 Å². The number of rotatable bonds is 7. The zero-order valence-corrected chi connectivity index (χ0v) is 17.6. The lowest BCUT2D eigenvalue weighted by Gasteiger charge is -2.37. The van der Waals surface area contributed by atoms with E-state index in [1.165, 1.54) is 13.2 Å². The van der Waals surface area contributed by atoms with Gasteiger partial charge in [-0.2, -0.15) is 0 Å². The van der Waals surface area contributed by atoms with E-state index in [1.807, 2.05) is 19.1 Å². The smallest absolute Gasteiger partial charge is 0.330 e. The lowest BCUT2D eigenvalue weighted by Crippen LogP contribution is -2.43. The second kappa shape index (κ2) is 8.76. The minimum Gasteiger partial charge on any atom is -0.466 e. The Labute approximate surface area is 153 Å². The molecule has 1 atom stereocenters. The molecule has 0 heterocycles. The van der Waals surface area contributed by atoms with Crippen molar-refractivity contribution < 1.29 is 18.8 Å². The topological polar surface area (TPSA) is 52.6 Å². The van der Waals surface area contributed by atoms with Gasteiger partial charge in [0.2, 0.25) is 0 Å². The van der Waals surface area contributed by atoms with Crippen LogP contribution in [0.2, 0.25) is 18.1 Å². The van der Waals surface area contributed by atoms with E-state index >= 15 is 0 Å². The van der Waals surface area contributed by atoms with Crippen LogP contribution in [0.5, 0.6) is 0 Å². The van der Waals surface area contributed by atoms with Crippen LogP contribution in [-0.4, -0.2) is 33.3 Å². The maximum atomic E-state index is 12.3. The van der Waals surface area contributed by atoms with Crippen LogP contribution in [0.3, 0.4) is 0 Å². The first-order valence-electron chi connectivity index (χ1n) is 8.78. The predicted molar refractivity (Wildman–Crippen MR) is 104 cm³/mol. The quantitative estimate of drug-likeness (QED) is 0.283. The second-order valence-corrected chi connectivity index (χ2v) is 12.9. The van der Waals surface area contributed by atoms with E-state index < -0.39 is 8.32 Å². The minimum atomic E-state index is -1.87. The Hall–Kier alpha value is -1.46. The maximum absolute atomic E-state index is 12.3. The van der Waals surface area contributed by atoms with Crippen LogP contribution in [0, 0.1) is 0 Å². The lowest BCUT2D eigenvalue weighted by atomic mass is 10.0. The van der Waals surface area contributed by atoms with Crippen LogP contribution < -0.4 is 0 Å². The molecule has 0 amide bonds. The minimum absolute atomic E-state index is 0.0876. The largest absolute Gasteiger partial charge is 0.466 e. The number of methoxy groups -OCH3 is 1. The fourth-order valence-electron chi connectivity index (χ4n) is 2.35. The predicted octanol–water partition coefficient (Wildman–Crippen LogP) is 4.73. The van der Waals surface area contributed by atoms with Gasteiger partial charge >= 0.3 is 5.97 Å². The first-order chi connectivity index (χ1) is 11.5. The molecule has 0 N–H and O–H groups in total. The van der Waals surface area contributed by atoms with Crippen molar-refractivity contribution in [1.29, 1.82) is 0 Å². The summed E-state index contributed by atoms with van der Waals surface area (Å²) in [5.41, 5.74) is 1.96. The van der Waals surface area contributed by atoms with Crippen molar-refractivity contribution >= 4 is 20.1 Å². The third-order valence-electron chi connectivity index (χ3n) is 4.91. The first-order valence-corrected chi connectivity index (χ1v) is 11.7. The molecule has 0 aromatic rings. The molecule has 25 heavy (non-hydrogen) atoms. The molecular weight excluding hydrogens is 332 g/mol. The van der Waals surface area contributed by atoms with E-state index in [0.29, 0.717) is 19.3 Å². The third kappa shape index (κ3) is 6.75. The Kier molecular flexibility index (Phi) is 7.56. The fourth-order valence-corrected chi connectivity index (χ4v) is 3.61. The molecule has 1 unspecified atom stereocenters. The second-order valence-electron chi connectivity index (χ2n) is 8.12. The van der Waals surface area contributed by atoms with Crippen LogP contribution in [0.1, 0.15) is 47.0 Å². The van der Waals surface area contributed by atoms with Crippen molar-refractivity contribution in [3.8, 4) is 0 Å². The van der Waals surface area contributed by atoms with E-state index in [0.717, 1.165) is 11.1 Å². The average Bonchev–Trinajstić information content (AvgIpc) is 2.81. The molecule has 0 aliphatic heterocycles. The molecule has 0 bridgehead atoms. The summed E-state index contributed by atoms with van der Waals surface area (Å²) < 4.78 is 10.9. The molecule has 1 rings (SSSR count). The van der Waals surface area contributed by atoms with Crippen molar-refractivity contribution in [2.75, 3.05) is 7.11 Å². The molecule has 1 aliphatic rings. The molecule has 0 fully saturated rings. The van der Waals surface area contributed by atoms with Crippen LogP contribution >= 0.6 is 0 Å². The lowest BCUT2D eigenvalue weighted by molar-refractivity contribution is -0.134. The highest BCUT2D eigenvalue weighted by Crippen LogP contribution is 2.39. The van der Waals surface area contributed by atoms with Crippen LogP contribution in [0.15, 0.2) is 35.5 Å². The van der Waals surface area contributed by atoms with Gasteiger partial charge in [-0.25, -0.2) is 4.79 Å². The van der Waals surface area contributed by atoms with Crippen molar-refractivity contribution in [3.63, 3.8) is 0 Å². The third-order valence-corrected chi connectivity index (χ3v) is 9.42. The highest BCUT2D eigenvalue weighted by molar-refractivity contribution is 6.74. The number of carbonyl (C=O) groups excluding carboxylic acids is 2. The van der Waals surface area contributed by atoms with E-state index in [1.54, 1.807) is 6.08 Å². The van der Waals surface area contributed by atoms with Crippen LogP contribution in [0.25, 0.3) is 0 Å². The summed E-state index contributed by atoms with van der Waals surface area (Å²) in [7, 11) is -0.518. The van der Waals surface area contributed by atoms with Gasteiger partial charge in [-0.3, -0.25) is 4.79 Å². The van der Waals surface area contributed by atoms with E-state index in [9.17, 15) is 9.59 Å². The van der Waals surface area contributed by atoms with Gasteiger partial charge in [0.15, 0.2) is 14.1 Å². The number of ketones is 1. The molecule has 0 aromatic carbocycles. The van der Waals surface area contributed by atoms with Gasteiger partial charge in [-0.05, 0) is 49.5 Å². The Morgan fingerprint density at radius 3 is 2.56 bits per heavy atom. The fraction of sp³-hybridized carbons (Fsp3) is 0.600. The van der Waals surface area contributed by atoms with Crippen molar-refractivity contribution in [3.05, 3.63) is 35.5 Å². The standard InChI is InChI=1S/C20H32O4Si/c1-15(10-8-9-11-19(22)23-5)12-16-13-17(14-18(16)21)24-25(6,7)20(2,3)4/h9-11,13,17H,8,12,14H2,1-7H3/b11-9+,15-10+. The average molecular weight is 365 g/mol. The monoisotopic (exact) mass is 364 g/mol. The van der Waals surface area contributed by atoms with Gasteiger partial charge in [0, 0.05) is 12.5 Å². The number of allylic oxidation sites excluding steroid dienone is 4. The molecule has 0 radical (unpaired) electrons. The number of carbonyl (C=O) groups is 2. The Balaban J connectivity index is 2.65. The first kappa shape index (κ1) is 21.6. The highest BCUT2D eigenvalue weighted by Gasteiger charge is 2.40. The van der Waals surface area contributed by atoms with Crippen LogP contribution in [0.4, 0.5) is 0 Å². The molecule has 0 aromatic heterocycles. The number of Topliss-reactive ketones (excluding diaryl/α,β-unsaturated/α-hetero) is 1. The number of hydrogen-bond donors (Lipinski definition) is 0. The Morgan fingerprint density at radius 1 is 1.36 bits per heavy atom. The summed E-state index contributed by atoms with van der Waals surface area (Å²) >= 11 is 0. The summed E-state index contributed by atoms with van der Waals surface area (Å²) in [5, 5.41) is 0.133. The zero-order chi connectivity index (χ0) is 19.3. The van der Waals surface area contributed by atoms with Gasteiger partial charge in [-0.1, -0.05) is 38.5 Å². The van der Waals surface area contributed by atoms with Gasteiger partial charge in [0.05, 0.1) is 13.2 Å². The number of hydrogen-bond acceptors (Lipinski definition) is 4. The summed E-state index contributed by atoms with van der Waals surface area (Å²) in [5.74, 6) is -0.174. The molecule has 4 nitrogen and oxygen atoms in total. The van der Waals surface area contributed by atoms with Gasteiger partial charge in [0.1, 0.15) is 0 Å². The van der Waals surface area contributed by atoms with Crippen molar-refractivity contribution in [1.82, 2.24) is 0 Å². The highest BCUT2D eigenvalue weighted by atomic mass is 28.4. The molecule has 0 saturated heterocycles. The SMILES string of the molecule is COC(=O)/C=C/C/C=C(\C)CC1=CC(O[Si](C)(C)C(C)(C)C)CC1=O. The summed E-state index contributed by atoms with van der Waals surface area (Å²) in [6.45, 7) is 13.0. The summed E-state index contributed by atoms with van der Waals surface area (Å²) in [6, 6.07) is 0. The van der Waals surface area contributed by atoms with E-state index in [2.05, 4.69) is 38.6 Å². The molecule has 0 saturated carbocycles. The number of esters is 1. The molecule has 140 valence electrons. The van der Waals surface area contributed by atoms with Gasteiger partial charge < -0.3 is 9.16 Å². The Bertz CT molecular complexity index is 591. The van der Waals surface area contributed by atoms with Crippen LogP contribution in [-0.2, 0) is 18.8 Å². The van der Waals surface area contributed by atoms with E-state index in [4.69, 9.17) is 4.43 Å². The molecule has 0 spiro atoms. The maximum Gasteiger partial charge on any atom is 0.330 e. The van der Waals surface area contributed by atoms with Gasteiger partial charge in [-0.15, -0.1) is 0 Å². The molecule has 5 heteroatoms. The molecular formula is C20H32O4Si. The Morgan fingerprint density at radius 2 is 2.00 bits per heavy atom. The normalized spacial score (nSPS) is 19.5. The van der Waals surface area contributed by atoms with E-state index in [-0.39, 0.29) is 22.9 Å². The van der Waals surface area contributed by atoms with Gasteiger partial charge in [0.25, 0.3) is 0 Å². The summed E-state index contributed by atoms with van der Waals surface area (Å²) in [6.07, 6.45) is 8.85. The summed E-state index contributed by atoms with van der Waals surface area (Å²) in [4.78, 5) is 23.3. The van der Waals surface area contributed by atoms with Crippen molar-refractivity contribution in [2.45, 2.75) is 71.2 Å². The number of ether oxygens (including phenoxy) is 1. The molecule has 1 aliphatic carbocycles.